The predicted molar refractivity (Wildman–Crippen MR) is 73.7 cm³/mol. The van der Waals surface area contributed by atoms with Gasteiger partial charge in [-0.1, -0.05) is 29.8 Å². The first-order chi connectivity index (χ1) is 8.36. The standard InChI is InChI=1S/C14H21ClN2/c15-14-7-2-1-5-13(14)6-3-4-10-17-11-8-16-9-12-17/h1-2,5,7,16H,3-4,6,8-12H2. The van der Waals surface area contributed by atoms with Gasteiger partial charge in [0.15, 0.2) is 0 Å². The Morgan fingerprint density at radius 1 is 1.12 bits per heavy atom. The molecule has 1 aromatic rings. The van der Waals surface area contributed by atoms with Crippen molar-refractivity contribution >= 4 is 11.6 Å². The van der Waals surface area contributed by atoms with Gasteiger partial charge in [-0.25, -0.2) is 0 Å². The lowest BCUT2D eigenvalue weighted by molar-refractivity contribution is 0.237. The molecule has 1 aromatic carbocycles. The van der Waals surface area contributed by atoms with E-state index in [1.807, 2.05) is 12.1 Å². The van der Waals surface area contributed by atoms with Crippen LogP contribution in [0.3, 0.4) is 0 Å². The highest BCUT2D eigenvalue weighted by atomic mass is 35.5. The normalized spacial score (nSPS) is 17.2. The number of hydrogen-bond donors (Lipinski definition) is 1. The van der Waals surface area contributed by atoms with E-state index < -0.39 is 0 Å². The molecule has 1 heterocycles. The SMILES string of the molecule is Clc1ccccc1CCCCN1CCNCC1. The molecule has 3 heteroatoms. The Morgan fingerprint density at radius 3 is 2.65 bits per heavy atom. The molecule has 1 aliphatic heterocycles. The number of nitrogens with one attached hydrogen (secondary N) is 1. The largest absolute Gasteiger partial charge is 0.314 e. The monoisotopic (exact) mass is 252 g/mol. The molecule has 0 aliphatic carbocycles. The minimum Gasteiger partial charge on any atom is -0.314 e. The van der Waals surface area contributed by atoms with Gasteiger partial charge in [0.25, 0.3) is 0 Å². The van der Waals surface area contributed by atoms with Crippen molar-refractivity contribution in [1.29, 1.82) is 0 Å². The highest BCUT2D eigenvalue weighted by Gasteiger charge is 2.08. The van der Waals surface area contributed by atoms with E-state index in [0.717, 1.165) is 24.5 Å². The highest BCUT2D eigenvalue weighted by Crippen LogP contribution is 2.17. The van der Waals surface area contributed by atoms with E-state index in [1.54, 1.807) is 0 Å². The Kier molecular flexibility index (Phi) is 5.30. The number of hydrogen-bond acceptors (Lipinski definition) is 2. The summed E-state index contributed by atoms with van der Waals surface area (Å²) in [5.41, 5.74) is 1.29. The Balaban J connectivity index is 1.64. The molecule has 0 radical (unpaired) electrons. The number of aryl methyl sites for hydroxylation is 1. The van der Waals surface area contributed by atoms with E-state index in [9.17, 15) is 0 Å². The lowest BCUT2D eigenvalue weighted by Gasteiger charge is -2.27. The van der Waals surface area contributed by atoms with Crippen molar-refractivity contribution in [3.05, 3.63) is 34.9 Å². The molecule has 1 aliphatic rings. The highest BCUT2D eigenvalue weighted by molar-refractivity contribution is 6.31. The first-order valence-corrected chi connectivity index (χ1v) is 6.90. The van der Waals surface area contributed by atoms with Gasteiger partial charge in [-0.2, -0.15) is 0 Å². The van der Waals surface area contributed by atoms with Crippen LogP contribution < -0.4 is 5.32 Å². The van der Waals surface area contributed by atoms with Gasteiger partial charge in [0.2, 0.25) is 0 Å². The molecule has 0 aromatic heterocycles. The maximum atomic E-state index is 6.13. The first-order valence-electron chi connectivity index (χ1n) is 6.53. The van der Waals surface area contributed by atoms with Crippen LogP contribution in [0, 0.1) is 0 Å². The molecule has 17 heavy (non-hydrogen) atoms. The summed E-state index contributed by atoms with van der Waals surface area (Å²) in [6, 6.07) is 8.17. The summed E-state index contributed by atoms with van der Waals surface area (Å²) < 4.78 is 0. The molecule has 1 fully saturated rings. The summed E-state index contributed by atoms with van der Waals surface area (Å²) in [7, 11) is 0. The molecular weight excluding hydrogens is 232 g/mol. The van der Waals surface area contributed by atoms with E-state index in [4.69, 9.17) is 11.6 Å². The van der Waals surface area contributed by atoms with Crippen LogP contribution in [0.15, 0.2) is 24.3 Å². The fourth-order valence-corrected chi connectivity index (χ4v) is 2.52. The van der Waals surface area contributed by atoms with E-state index in [-0.39, 0.29) is 0 Å². The Labute approximate surface area is 109 Å². The molecule has 0 atom stereocenters. The topological polar surface area (TPSA) is 15.3 Å². The third-order valence-electron chi connectivity index (χ3n) is 3.34. The van der Waals surface area contributed by atoms with Crippen molar-refractivity contribution in [3.63, 3.8) is 0 Å². The van der Waals surface area contributed by atoms with Crippen molar-refractivity contribution in [1.82, 2.24) is 10.2 Å². The third kappa shape index (κ3) is 4.30. The lowest BCUT2D eigenvalue weighted by atomic mass is 10.1. The number of unbranched alkanes of at least 4 members (excludes halogenated alkanes) is 1. The van der Waals surface area contributed by atoms with Crippen molar-refractivity contribution < 1.29 is 0 Å². The Bertz CT molecular complexity index is 335. The molecule has 1 N–H and O–H groups in total. The third-order valence-corrected chi connectivity index (χ3v) is 3.71. The molecule has 0 spiro atoms. The van der Waals surface area contributed by atoms with Crippen molar-refractivity contribution in [2.45, 2.75) is 19.3 Å². The molecule has 2 rings (SSSR count). The van der Waals surface area contributed by atoms with Crippen LogP contribution in [-0.4, -0.2) is 37.6 Å². The van der Waals surface area contributed by atoms with Crippen LogP contribution in [0.5, 0.6) is 0 Å². The lowest BCUT2D eigenvalue weighted by Crippen LogP contribution is -2.43. The van der Waals surface area contributed by atoms with Gasteiger partial charge in [-0.15, -0.1) is 0 Å². The maximum absolute atomic E-state index is 6.13. The van der Waals surface area contributed by atoms with Crippen LogP contribution in [0.1, 0.15) is 18.4 Å². The van der Waals surface area contributed by atoms with Crippen molar-refractivity contribution in [3.8, 4) is 0 Å². The first kappa shape index (κ1) is 12.9. The van der Waals surface area contributed by atoms with Crippen LogP contribution in [0.4, 0.5) is 0 Å². The smallest absolute Gasteiger partial charge is 0.0437 e. The summed E-state index contributed by atoms with van der Waals surface area (Å²) in [5, 5.41) is 4.29. The summed E-state index contributed by atoms with van der Waals surface area (Å²) >= 11 is 6.13. The second-order valence-corrected chi connectivity index (χ2v) is 5.05. The fourth-order valence-electron chi connectivity index (χ4n) is 2.29. The maximum Gasteiger partial charge on any atom is 0.0437 e. The zero-order valence-corrected chi connectivity index (χ0v) is 11.0. The fraction of sp³-hybridized carbons (Fsp3) is 0.571. The molecule has 0 unspecified atom stereocenters. The quantitative estimate of drug-likeness (QED) is 0.811. The molecule has 2 nitrogen and oxygen atoms in total. The number of benzene rings is 1. The molecule has 0 bridgehead atoms. The number of rotatable bonds is 5. The number of nitrogens with zero attached hydrogens (tertiary/aromatic N) is 1. The van der Waals surface area contributed by atoms with Gasteiger partial charge < -0.3 is 10.2 Å². The van der Waals surface area contributed by atoms with E-state index in [1.165, 1.54) is 38.0 Å². The second-order valence-electron chi connectivity index (χ2n) is 4.64. The van der Waals surface area contributed by atoms with Crippen LogP contribution in [-0.2, 0) is 6.42 Å². The number of piperazine rings is 1. The average molecular weight is 253 g/mol. The summed E-state index contributed by atoms with van der Waals surface area (Å²) in [6.45, 7) is 5.92. The zero-order chi connectivity index (χ0) is 11.9. The molecule has 1 saturated heterocycles. The average Bonchev–Trinajstić information content (AvgIpc) is 2.38. The summed E-state index contributed by atoms with van der Waals surface area (Å²) in [6.07, 6.45) is 3.60. The van der Waals surface area contributed by atoms with Gasteiger partial charge in [-0.3, -0.25) is 0 Å². The minimum atomic E-state index is 0.912. The van der Waals surface area contributed by atoms with Gasteiger partial charge in [0.05, 0.1) is 0 Å². The second kappa shape index (κ2) is 7.00. The van der Waals surface area contributed by atoms with E-state index in [2.05, 4.69) is 22.3 Å². The van der Waals surface area contributed by atoms with Crippen molar-refractivity contribution in [2.24, 2.45) is 0 Å². The minimum absolute atomic E-state index is 0.912. The van der Waals surface area contributed by atoms with Crippen LogP contribution >= 0.6 is 11.6 Å². The van der Waals surface area contributed by atoms with Crippen LogP contribution in [0.2, 0.25) is 5.02 Å². The Morgan fingerprint density at radius 2 is 1.88 bits per heavy atom. The summed E-state index contributed by atoms with van der Waals surface area (Å²) in [5.74, 6) is 0. The van der Waals surface area contributed by atoms with Crippen molar-refractivity contribution in [2.75, 3.05) is 32.7 Å². The predicted octanol–water partition coefficient (Wildman–Crippen LogP) is 2.57. The van der Waals surface area contributed by atoms with E-state index in [0.29, 0.717) is 0 Å². The molecular formula is C14H21ClN2. The summed E-state index contributed by atoms with van der Waals surface area (Å²) in [4.78, 5) is 2.54. The molecule has 0 amide bonds. The van der Waals surface area contributed by atoms with Gasteiger partial charge in [-0.05, 0) is 37.4 Å². The number of halogens is 1. The molecule has 0 saturated carbocycles. The van der Waals surface area contributed by atoms with Crippen LogP contribution in [0.25, 0.3) is 0 Å². The zero-order valence-electron chi connectivity index (χ0n) is 10.3. The Hall–Kier alpha value is -0.570. The van der Waals surface area contributed by atoms with Gasteiger partial charge >= 0.3 is 0 Å². The van der Waals surface area contributed by atoms with E-state index >= 15 is 0 Å². The van der Waals surface area contributed by atoms with Gasteiger partial charge in [0.1, 0.15) is 0 Å². The van der Waals surface area contributed by atoms with Gasteiger partial charge in [0, 0.05) is 31.2 Å². The molecule has 94 valence electrons.